The number of aromatic nitrogens is 2. The summed E-state index contributed by atoms with van der Waals surface area (Å²) in [4.78, 5) is 30.8. The number of carbonyl (C=O) groups excluding carboxylic acids is 2. The summed E-state index contributed by atoms with van der Waals surface area (Å²) in [6.45, 7) is 1.82. The largest absolute Gasteiger partial charge is 0.618 e. The number of nitrogens with zero attached hydrogens (tertiary/aromatic N) is 2. The van der Waals surface area contributed by atoms with Crippen LogP contribution in [-0.4, -0.2) is 24.0 Å². The van der Waals surface area contributed by atoms with Crippen LogP contribution in [0.5, 0.6) is 0 Å². The minimum absolute atomic E-state index is 0.0620. The summed E-state index contributed by atoms with van der Waals surface area (Å²) >= 11 is 0. The molecule has 2 aromatic heterocycles. The van der Waals surface area contributed by atoms with Crippen LogP contribution in [0.2, 0.25) is 0 Å². The number of methoxy groups -OCH3 is 1. The Balaban J connectivity index is 1.85. The van der Waals surface area contributed by atoms with Crippen molar-refractivity contribution in [3.05, 3.63) is 101 Å². The van der Waals surface area contributed by atoms with Gasteiger partial charge in [0.05, 0.1) is 23.9 Å². The SMILES string of the molecule is COC(=O)C(NC(=O)c1c(C)c(-c2ccccc2)nc2ccccc12)c1cccc[n+]1[O-]. The molecular formula is C25H21N3O4. The van der Waals surface area contributed by atoms with E-state index in [9.17, 15) is 14.8 Å². The number of carbonyl (C=O) groups is 2. The normalized spacial score (nSPS) is 11.7. The number of fused-ring (bicyclic) bond motifs is 1. The predicted octanol–water partition coefficient (Wildman–Crippen LogP) is 3.49. The number of para-hydroxylation sites is 1. The van der Waals surface area contributed by atoms with Crippen LogP contribution >= 0.6 is 0 Å². The highest BCUT2D eigenvalue weighted by Gasteiger charge is 2.32. The van der Waals surface area contributed by atoms with Gasteiger partial charge in [-0.2, -0.15) is 4.73 Å². The highest BCUT2D eigenvalue weighted by molar-refractivity contribution is 6.09. The first-order valence-electron chi connectivity index (χ1n) is 10.0. The van der Waals surface area contributed by atoms with Crippen molar-refractivity contribution in [3.63, 3.8) is 0 Å². The second kappa shape index (κ2) is 8.85. The van der Waals surface area contributed by atoms with E-state index in [0.29, 0.717) is 32.5 Å². The van der Waals surface area contributed by atoms with E-state index < -0.39 is 17.9 Å². The Bertz CT molecular complexity index is 1310. The number of ether oxygens (including phenoxy) is 1. The van der Waals surface area contributed by atoms with Crippen molar-refractivity contribution in [2.75, 3.05) is 7.11 Å². The molecule has 0 saturated heterocycles. The first-order valence-corrected chi connectivity index (χ1v) is 10.0. The van der Waals surface area contributed by atoms with E-state index in [1.54, 1.807) is 12.1 Å². The maximum absolute atomic E-state index is 13.5. The number of esters is 1. The quantitative estimate of drug-likeness (QED) is 0.299. The summed E-state index contributed by atoms with van der Waals surface area (Å²) in [7, 11) is 1.21. The Labute approximate surface area is 184 Å². The predicted molar refractivity (Wildman–Crippen MR) is 120 cm³/mol. The minimum Gasteiger partial charge on any atom is -0.618 e. The molecule has 0 saturated carbocycles. The van der Waals surface area contributed by atoms with Gasteiger partial charge in [-0.25, -0.2) is 9.78 Å². The maximum atomic E-state index is 13.5. The van der Waals surface area contributed by atoms with E-state index in [-0.39, 0.29) is 5.69 Å². The molecule has 0 fully saturated rings. The van der Waals surface area contributed by atoms with Gasteiger partial charge in [-0.15, -0.1) is 0 Å². The van der Waals surface area contributed by atoms with Crippen LogP contribution in [-0.2, 0) is 9.53 Å². The van der Waals surface area contributed by atoms with Crippen molar-refractivity contribution in [1.82, 2.24) is 10.3 Å². The van der Waals surface area contributed by atoms with Crippen molar-refractivity contribution in [2.24, 2.45) is 0 Å². The Morgan fingerprint density at radius 1 is 1.00 bits per heavy atom. The zero-order valence-corrected chi connectivity index (χ0v) is 17.6. The number of benzene rings is 2. The molecule has 0 aliphatic heterocycles. The van der Waals surface area contributed by atoms with Crippen molar-refractivity contribution in [3.8, 4) is 11.3 Å². The Morgan fingerprint density at radius 2 is 1.69 bits per heavy atom. The van der Waals surface area contributed by atoms with Gasteiger partial charge in [-0.1, -0.05) is 48.5 Å². The highest BCUT2D eigenvalue weighted by Crippen LogP contribution is 2.30. The molecule has 7 nitrogen and oxygen atoms in total. The lowest BCUT2D eigenvalue weighted by Crippen LogP contribution is -2.43. The van der Waals surface area contributed by atoms with Gasteiger partial charge >= 0.3 is 5.97 Å². The molecule has 0 aliphatic rings. The number of amides is 1. The van der Waals surface area contributed by atoms with E-state index in [1.807, 2.05) is 61.5 Å². The third-order valence-corrected chi connectivity index (χ3v) is 5.27. The second-order valence-corrected chi connectivity index (χ2v) is 7.22. The molecule has 2 heterocycles. The fraction of sp³-hybridized carbons (Fsp3) is 0.120. The molecule has 4 rings (SSSR count). The molecule has 1 atom stereocenters. The van der Waals surface area contributed by atoms with Crippen LogP contribution in [0.4, 0.5) is 0 Å². The average Bonchev–Trinajstić information content (AvgIpc) is 2.82. The summed E-state index contributed by atoms with van der Waals surface area (Å²) in [5.74, 6) is -1.24. The zero-order valence-electron chi connectivity index (χ0n) is 17.6. The van der Waals surface area contributed by atoms with E-state index >= 15 is 0 Å². The highest BCUT2D eigenvalue weighted by atomic mass is 16.5. The molecule has 0 spiro atoms. The molecule has 0 aliphatic carbocycles. The van der Waals surface area contributed by atoms with Crippen molar-refractivity contribution in [1.29, 1.82) is 0 Å². The van der Waals surface area contributed by atoms with Crippen LogP contribution < -0.4 is 10.0 Å². The van der Waals surface area contributed by atoms with Gasteiger partial charge in [0.15, 0.2) is 6.20 Å². The van der Waals surface area contributed by atoms with Gasteiger partial charge in [0.25, 0.3) is 5.91 Å². The molecule has 4 aromatic rings. The van der Waals surface area contributed by atoms with E-state index in [0.717, 1.165) is 5.56 Å². The summed E-state index contributed by atoms with van der Waals surface area (Å²) in [6, 6.07) is 20.2. The Morgan fingerprint density at radius 3 is 2.41 bits per heavy atom. The van der Waals surface area contributed by atoms with Gasteiger partial charge in [0.2, 0.25) is 11.7 Å². The Hall–Kier alpha value is -4.26. The van der Waals surface area contributed by atoms with Gasteiger partial charge in [-0.05, 0) is 24.6 Å². The Kier molecular flexibility index (Phi) is 5.81. The molecule has 160 valence electrons. The van der Waals surface area contributed by atoms with E-state index in [1.165, 1.54) is 19.4 Å². The third-order valence-electron chi connectivity index (χ3n) is 5.27. The van der Waals surface area contributed by atoms with E-state index in [2.05, 4.69) is 5.32 Å². The number of nitrogens with one attached hydrogen (secondary N) is 1. The summed E-state index contributed by atoms with van der Waals surface area (Å²) in [5.41, 5.74) is 3.30. The van der Waals surface area contributed by atoms with Crippen molar-refractivity contribution in [2.45, 2.75) is 13.0 Å². The molecule has 32 heavy (non-hydrogen) atoms. The zero-order chi connectivity index (χ0) is 22.7. The first-order chi connectivity index (χ1) is 15.5. The number of hydrogen-bond donors (Lipinski definition) is 1. The summed E-state index contributed by atoms with van der Waals surface area (Å²) < 4.78 is 5.39. The van der Waals surface area contributed by atoms with Crippen molar-refractivity contribution < 1.29 is 19.1 Å². The minimum atomic E-state index is -1.27. The standard InChI is InChI=1S/C25H21N3O4/c1-16-21(24(29)27-23(25(30)32-2)20-14-8-9-15-28(20)31)18-12-6-7-13-19(18)26-22(16)17-10-4-3-5-11-17/h3-15,23H,1-2H3,(H,27,29). The van der Waals surface area contributed by atoms with Crippen LogP contribution in [0.3, 0.4) is 0 Å². The van der Waals surface area contributed by atoms with Gasteiger partial charge in [0, 0.05) is 23.1 Å². The molecule has 7 heteroatoms. The lowest BCUT2D eigenvalue weighted by Gasteiger charge is -2.18. The average molecular weight is 427 g/mol. The number of hydrogen-bond acceptors (Lipinski definition) is 5. The lowest BCUT2D eigenvalue weighted by molar-refractivity contribution is -0.615. The lowest BCUT2D eigenvalue weighted by atomic mass is 9.97. The monoisotopic (exact) mass is 427 g/mol. The van der Waals surface area contributed by atoms with Crippen molar-refractivity contribution >= 4 is 22.8 Å². The summed E-state index contributed by atoms with van der Waals surface area (Å²) in [5, 5.41) is 15.6. The number of pyridine rings is 2. The van der Waals surface area contributed by atoms with Gasteiger partial charge in [-0.3, -0.25) is 4.79 Å². The fourth-order valence-corrected chi connectivity index (χ4v) is 3.72. The van der Waals surface area contributed by atoms with Crippen LogP contribution in [0.15, 0.2) is 79.0 Å². The topological polar surface area (TPSA) is 95.2 Å². The van der Waals surface area contributed by atoms with Crippen LogP contribution in [0, 0.1) is 12.1 Å². The van der Waals surface area contributed by atoms with Gasteiger partial charge < -0.3 is 15.3 Å². The van der Waals surface area contributed by atoms with E-state index in [4.69, 9.17) is 9.72 Å². The van der Waals surface area contributed by atoms with Crippen LogP contribution in [0.1, 0.15) is 27.7 Å². The van der Waals surface area contributed by atoms with Gasteiger partial charge in [0.1, 0.15) is 0 Å². The fourth-order valence-electron chi connectivity index (χ4n) is 3.72. The summed E-state index contributed by atoms with van der Waals surface area (Å²) in [6.07, 6.45) is 1.26. The molecular weight excluding hydrogens is 406 g/mol. The molecule has 0 radical (unpaired) electrons. The molecule has 1 unspecified atom stereocenters. The van der Waals surface area contributed by atoms with Crippen LogP contribution in [0.25, 0.3) is 22.2 Å². The molecule has 0 bridgehead atoms. The molecule has 1 amide bonds. The smallest absolute Gasteiger partial charge is 0.339 e. The molecule has 2 aromatic carbocycles. The number of rotatable bonds is 5. The second-order valence-electron chi connectivity index (χ2n) is 7.22. The third kappa shape index (κ3) is 3.88. The molecule has 1 N–H and O–H groups in total. The maximum Gasteiger partial charge on any atom is 0.339 e. The first kappa shape index (κ1) is 21.0.